The van der Waals surface area contributed by atoms with Crippen molar-refractivity contribution in [3.63, 3.8) is 0 Å². The molecular weight excluding hydrogens is 352 g/mol. The summed E-state index contributed by atoms with van der Waals surface area (Å²) in [6.07, 6.45) is 2.64. The van der Waals surface area contributed by atoms with Crippen LogP contribution in [0.1, 0.15) is 59.8 Å². The van der Waals surface area contributed by atoms with Crippen LogP contribution >= 0.6 is 0 Å². The molecule has 0 saturated carbocycles. The Balaban J connectivity index is 1.66. The molecule has 1 aliphatic rings. The van der Waals surface area contributed by atoms with Crippen molar-refractivity contribution in [3.8, 4) is 5.75 Å². The molecular formula is C23H28N2O3. The van der Waals surface area contributed by atoms with Gasteiger partial charge in [0.2, 0.25) is 5.91 Å². The van der Waals surface area contributed by atoms with Gasteiger partial charge >= 0.3 is 0 Å². The second-order valence-corrected chi connectivity index (χ2v) is 7.81. The SMILES string of the molecule is CC(C)C(=O)N(C)Cc1ccc(C(=O)NC2CCCc3c(O)cccc32)cc1. The molecule has 2 aromatic rings. The van der Waals surface area contributed by atoms with E-state index in [1.54, 1.807) is 30.1 Å². The Morgan fingerprint density at radius 3 is 2.57 bits per heavy atom. The first-order valence-electron chi connectivity index (χ1n) is 9.82. The minimum atomic E-state index is -0.126. The normalized spacial score (nSPS) is 15.8. The number of hydrogen-bond donors (Lipinski definition) is 2. The number of hydrogen-bond acceptors (Lipinski definition) is 3. The summed E-state index contributed by atoms with van der Waals surface area (Å²) in [5.74, 6) is 0.245. The standard InChI is InChI=1S/C23H28N2O3/c1-15(2)23(28)25(3)14-16-10-12-17(13-11-16)22(27)24-20-8-4-7-19-18(20)6-5-9-21(19)26/h5-6,9-13,15,20,26H,4,7-8,14H2,1-3H3,(H,24,27). The van der Waals surface area contributed by atoms with Gasteiger partial charge in [0.25, 0.3) is 5.91 Å². The predicted octanol–water partition coefficient (Wildman–Crippen LogP) is 3.81. The third-order valence-corrected chi connectivity index (χ3v) is 5.29. The second kappa shape index (κ2) is 8.46. The summed E-state index contributed by atoms with van der Waals surface area (Å²) in [6, 6.07) is 12.8. The van der Waals surface area contributed by atoms with Crippen molar-refractivity contribution < 1.29 is 14.7 Å². The lowest BCUT2D eigenvalue weighted by atomic mass is 9.87. The van der Waals surface area contributed by atoms with Crippen LogP contribution in [0.25, 0.3) is 0 Å². The Hall–Kier alpha value is -2.82. The molecule has 5 heteroatoms. The van der Waals surface area contributed by atoms with Crippen molar-refractivity contribution in [2.45, 2.75) is 45.7 Å². The minimum absolute atomic E-state index is 0.0344. The number of carbonyl (C=O) groups excluding carboxylic acids is 2. The molecule has 0 spiro atoms. The molecule has 5 nitrogen and oxygen atoms in total. The number of aromatic hydroxyl groups is 1. The molecule has 1 unspecified atom stereocenters. The van der Waals surface area contributed by atoms with Crippen LogP contribution in [0.5, 0.6) is 5.75 Å². The Bertz CT molecular complexity index is 859. The summed E-state index contributed by atoms with van der Waals surface area (Å²) in [5, 5.41) is 13.2. The fourth-order valence-electron chi connectivity index (χ4n) is 3.77. The molecule has 1 aliphatic carbocycles. The van der Waals surface area contributed by atoms with Gasteiger partial charge in [-0.15, -0.1) is 0 Å². The number of carbonyl (C=O) groups is 2. The summed E-state index contributed by atoms with van der Waals surface area (Å²) >= 11 is 0. The fourth-order valence-corrected chi connectivity index (χ4v) is 3.77. The van der Waals surface area contributed by atoms with Crippen LogP contribution in [0.15, 0.2) is 42.5 Å². The van der Waals surface area contributed by atoms with Crippen molar-refractivity contribution in [3.05, 3.63) is 64.7 Å². The van der Waals surface area contributed by atoms with Gasteiger partial charge in [-0.2, -0.15) is 0 Å². The number of nitrogens with zero attached hydrogens (tertiary/aromatic N) is 1. The van der Waals surface area contributed by atoms with Gasteiger partial charge in [0.05, 0.1) is 6.04 Å². The monoisotopic (exact) mass is 380 g/mol. The van der Waals surface area contributed by atoms with Gasteiger partial charge in [-0.05, 0) is 54.2 Å². The first-order valence-corrected chi connectivity index (χ1v) is 9.82. The number of phenols is 1. The average Bonchev–Trinajstić information content (AvgIpc) is 2.68. The van der Waals surface area contributed by atoms with Gasteiger partial charge < -0.3 is 15.3 Å². The van der Waals surface area contributed by atoms with Crippen LogP contribution < -0.4 is 5.32 Å². The fraction of sp³-hybridized carbons (Fsp3) is 0.391. The Morgan fingerprint density at radius 1 is 1.18 bits per heavy atom. The molecule has 0 saturated heterocycles. The maximum Gasteiger partial charge on any atom is 0.251 e. The topological polar surface area (TPSA) is 69.6 Å². The van der Waals surface area contributed by atoms with E-state index in [1.807, 2.05) is 38.1 Å². The van der Waals surface area contributed by atoms with Gasteiger partial charge in [0, 0.05) is 25.1 Å². The van der Waals surface area contributed by atoms with Crippen molar-refractivity contribution in [1.29, 1.82) is 0 Å². The highest BCUT2D eigenvalue weighted by Gasteiger charge is 2.24. The van der Waals surface area contributed by atoms with E-state index in [4.69, 9.17) is 0 Å². The molecule has 0 fully saturated rings. The lowest BCUT2D eigenvalue weighted by Gasteiger charge is -2.27. The van der Waals surface area contributed by atoms with E-state index in [0.717, 1.165) is 36.0 Å². The maximum atomic E-state index is 12.7. The van der Waals surface area contributed by atoms with Crippen molar-refractivity contribution >= 4 is 11.8 Å². The molecule has 2 amide bonds. The molecule has 0 aliphatic heterocycles. The Morgan fingerprint density at radius 2 is 1.89 bits per heavy atom. The predicted molar refractivity (Wildman–Crippen MR) is 109 cm³/mol. The Labute approximate surface area is 166 Å². The highest BCUT2D eigenvalue weighted by molar-refractivity contribution is 5.94. The summed E-state index contributed by atoms with van der Waals surface area (Å²) in [7, 11) is 1.79. The number of rotatable bonds is 5. The average molecular weight is 380 g/mol. The van der Waals surface area contributed by atoms with Crippen molar-refractivity contribution in [2.24, 2.45) is 5.92 Å². The van der Waals surface area contributed by atoms with Crippen LogP contribution in [-0.2, 0) is 17.8 Å². The molecule has 3 rings (SSSR count). The first kappa shape index (κ1) is 19.9. The van der Waals surface area contributed by atoms with Gasteiger partial charge in [-0.3, -0.25) is 9.59 Å². The summed E-state index contributed by atoms with van der Waals surface area (Å²) in [4.78, 5) is 26.4. The first-order chi connectivity index (χ1) is 13.4. The zero-order chi connectivity index (χ0) is 20.3. The molecule has 1 atom stereocenters. The molecule has 0 bridgehead atoms. The molecule has 0 heterocycles. The molecule has 2 N–H and O–H groups in total. The van der Waals surface area contributed by atoms with E-state index < -0.39 is 0 Å². The van der Waals surface area contributed by atoms with Crippen LogP contribution in [0.3, 0.4) is 0 Å². The largest absolute Gasteiger partial charge is 0.508 e. The maximum absolute atomic E-state index is 12.7. The van der Waals surface area contributed by atoms with E-state index >= 15 is 0 Å². The lowest BCUT2D eigenvalue weighted by molar-refractivity contribution is -0.133. The summed E-state index contributed by atoms with van der Waals surface area (Å²) in [5.41, 5.74) is 3.52. The summed E-state index contributed by atoms with van der Waals surface area (Å²) < 4.78 is 0. The van der Waals surface area contributed by atoms with Crippen molar-refractivity contribution in [2.75, 3.05) is 7.05 Å². The number of fused-ring (bicyclic) bond motifs is 1. The van der Waals surface area contributed by atoms with E-state index in [1.165, 1.54) is 0 Å². The van der Waals surface area contributed by atoms with Crippen LogP contribution in [-0.4, -0.2) is 28.9 Å². The summed E-state index contributed by atoms with van der Waals surface area (Å²) in [6.45, 7) is 4.29. The molecule has 0 radical (unpaired) electrons. The van der Waals surface area contributed by atoms with Crippen LogP contribution in [0.2, 0.25) is 0 Å². The van der Waals surface area contributed by atoms with E-state index in [2.05, 4.69) is 5.32 Å². The van der Waals surface area contributed by atoms with E-state index in [0.29, 0.717) is 17.9 Å². The lowest BCUT2D eigenvalue weighted by Crippen LogP contribution is -2.31. The molecule has 0 aromatic heterocycles. The smallest absolute Gasteiger partial charge is 0.251 e. The van der Waals surface area contributed by atoms with E-state index in [-0.39, 0.29) is 23.8 Å². The number of phenolic OH excluding ortho intramolecular Hbond substituents is 1. The molecule has 28 heavy (non-hydrogen) atoms. The highest BCUT2D eigenvalue weighted by Crippen LogP contribution is 2.34. The van der Waals surface area contributed by atoms with Crippen LogP contribution in [0, 0.1) is 5.92 Å². The van der Waals surface area contributed by atoms with Gasteiger partial charge in [-0.1, -0.05) is 38.1 Å². The molecule has 2 aromatic carbocycles. The third-order valence-electron chi connectivity index (χ3n) is 5.29. The second-order valence-electron chi connectivity index (χ2n) is 7.81. The third kappa shape index (κ3) is 4.35. The minimum Gasteiger partial charge on any atom is -0.508 e. The zero-order valence-electron chi connectivity index (χ0n) is 16.7. The van der Waals surface area contributed by atoms with Gasteiger partial charge in [0.15, 0.2) is 0 Å². The number of amides is 2. The Kier molecular flexibility index (Phi) is 6.02. The number of nitrogens with one attached hydrogen (secondary N) is 1. The number of benzene rings is 2. The van der Waals surface area contributed by atoms with Crippen molar-refractivity contribution in [1.82, 2.24) is 10.2 Å². The highest BCUT2D eigenvalue weighted by atomic mass is 16.3. The van der Waals surface area contributed by atoms with Gasteiger partial charge in [-0.25, -0.2) is 0 Å². The zero-order valence-corrected chi connectivity index (χ0v) is 16.7. The quantitative estimate of drug-likeness (QED) is 0.829. The van der Waals surface area contributed by atoms with Crippen LogP contribution in [0.4, 0.5) is 0 Å². The van der Waals surface area contributed by atoms with E-state index in [9.17, 15) is 14.7 Å². The molecule has 148 valence electrons. The van der Waals surface area contributed by atoms with Gasteiger partial charge in [0.1, 0.15) is 5.75 Å².